The lowest BCUT2D eigenvalue weighted by Gasteiger charge is -2.12. The summed E-state index contributed by atoms with van der Waals surface area (Å²) in [7, 11) is 2.73. The van der Waals surface area contributed by atoms with Crippen LogP contribution >= 0.6 is 0 Å². The second-order valence-electron chi connectivity index (χ2n) is 8.80. The van der Waals surface area contributed by atoms with Crippen molar-refractivity contribution < 1.29 is 19.2 Å². The van der Waals surface area contributed by atoms with Crippen LogP contribution < -0.4 is 14.8 Å². The molecule has 0 saturated carbocycles. The highest BCUT2D eigenvalue weighted by Gasteiger charge is 2.26. The zero-order chi connectivity index (χ0) is 27.8. The van der Waals surface area contributed by atoms with Gasteiger partial charge in [0.15, 0.2) is 23.0 Å². The molecule has 5 rings (SSSR count). The van der Waals surface area contributed by atoms with Crippen molar-refractivity contribution in [2.75, 3.05) is 19.5 Å². The van der Waals surface area contributed by atoms with Gasteiger partial charge in [-0.2, -0.15) is 14.9 Å². The van der Waals surface area contributed by atoms with Gasteiger partial charge in [0.25, 0.3) is 11.6 Å². The Morgan fingerprint density at radius 1 is 1.00 bits per heavy atom. The molecule has 0 radical (unpaired) electrons. The topological polar surface area (TPSA) is 152 Å². The van der Waals surface area contributed by atoms with Crippen molar-refractivity contribution in [3.63, 3.8) is 0 Å². The van der Waals surface area contributed by atoms with Crippen LogP contribution in [0.2, 0.25) is 0 Å². The molecule has 3 aromatic heterocycles. The zero-order valence-electron chi connectivity index (χ0n) is 21.8. The monoisotopic (exact) mass is 528 g/mol. The normalized spacial score (nSPS) is 11.0. The summed E-state index contributed by atoms with van der Waals surface area (Å²) in [6.45, 7) is 5.77. The molecule has 0 aliphatic heterocycles. The molecule has 2 aromatic carbocycles. The first-order chi connectivity index (χ1) is 18.7. The number of carbonyl (C=O) groups excluding carboxylic acids is 1. The maximum Gasteiger partial charge on any atom is 0.286 e. The fraction of sp³-hybridized carbons (Fsp3) is 0.192. The molecule has 13 heteroatoms. The molecule has 0 atom stereocenters. The third-order valence-electron chi connectivity index (χ3n) is 6.14. The summed E-state index contributed by atoms with van der Waals surface area (Å²) >= 11 is 0. The van der Waals surface area contributed by atoms with E-state index < -0.39 is 16.5 Å². The van der Waals surface area contributed by atoms with Crippen molar-refractivity contribution in [2.24, 2.45) is 0 Å². The third kappa shape index (κ3) is 4.50. The van der Waals surface area contributed by atoms with Gasteiger partial charge in [-0.15, -0.1) is 0 Å². The summed E-state index contributed by atoms with van der Waals surface area (Å²) in [4.78, 5) is 33.2. The minimum atomic E-state index is -0.736. The van der Waals surface area contributed by atoms with Gasteiger partial charge in [-0.1, -0.05) is 17.7 Å². The molecule has 39 heavy (non-hydrogen) atoms. The standard InChI is InChI=1S/C26H24N8O5/c1-14-6-7-19(15(2)8-14)32-24-18(12-29-32)25(28-13-27-24)33-23(9-16(3)31-33)30-26(35)17-10-21(38-4)22(39-5)11-20(17)34(36)37/h6-13H,1-5H3,(H,30,35). The Morgan fingerprint density at radius 2 is 1.74 bits per heavy atom. The van der Waals surface area contributed by atoms with E-state index in [9.17, 15) is 14.9 Å². The Labute approximate surface area is 222 Å². The second kappa shape index (κ2) is 9.85. The number of aromatic nitrogens is 6. The average Bonchev–Trinajstić information content (AvgIpc) is 3.50. The van der Waals surface area contributed by atoms with Gasteiger partial charge in [0.1, 0.15) is 17.7 Å². The molecule has 0 spiro atoms. The van der Waals surface area contributed by atoms with Gasteiger partial charge in [-0.05, 0) is 32.4 Å². The van der Waals surface area contributed by atoms with Gasteiger partial charge in [0.2, 0.25) is 0 Å². The van der Waals surface area contributed by atoms with E-state index in [1.807, 2.05) is 26.0 Å². The van der Waals surface area contributed by atoms with Crippen LogP contribution in [0.5, 0.6) is 11.5 Å². The number of nitro groups is 1. The number of benzene rings is 2. The van der Waals surface area contributed by atoms with Crippen LogP contribution in [0.3, 0.4) is 0 Å². The second-order valence-corrected chi connectivity index (χ2v) is 8.80. The van der Waals surface area contributed by atoms with Crippen LogP contribution in [0.4, 0.5) is 11.5 Å². The number of nitrogens with zero attached hydrogens (tertiary/aromatic N) is 7. The van der Waals surface area contributed by atoms with Crippen LogP contribution in [-0.4, -0.2) is 54.6 Å². The molecule has 198 valence electrons. The fourth-order valence-corrected chi connectivity index (χ4v) is 4.35. The summed E-state index contributed by atoms with van der Waals surface area (Å²) in [5, 5.41) is 24.1. The van der Waals surface area contributed by atoms with Gasteiger partial charge < -0.3 is 14.8 Å². The fourth-order valence-electron chi connectivity index (χ4n) is 4.35. The lowest BCUT2D eigenvalue weighted by Crippen LogP contribution is -2.17. The number of hydrogen-bond donors (Lipinski definition) is 1. The number of nitro benzene ring substituents is 1. The van der Waals surface area contributed by atoms with Gasteiger partial charge in [0.05, 0.1) is 48.2 Å². The first-order valence-electron chi connectivity index (χ1n) is 11.8. The summed E-state index contributed by atoms with van der Waals surface area (Å²) in [5.41, 5.74) is 3.51. The van der Waals surface area contributed by atoms with Crippen molar-refractivity contribution in [1.29, 1.82) is 0 Å². The van der Waals surface area contributed by atoms with E-state index in [2.05, 4.69) is 31.5 Å². The van der Waals surface area contributed by atoms with Gasteiger partial charge in [0, 0.05) is 12.1 Å². The zero-order valence-corrected chi connectivity index (χ0v) is 21.8. The summed E-state index contributed by atoms with van der Waals surface area (Å²) in [5.74, 6) is 0.197. The number of anilines is 1. The molecule has 0 bridgehead atoms. The molecule has 0 unspecified atom stereocenters. The number of carbonyl (C=O) groups is 1. The van der Waals surface area contributed by atoms with Gasteiger partial charge in [-0.3, -0.25) is 14.9 Å². The third-order valence-corrected chi connectivity index (χ3v) is 6.14. The number of fused-ring (bicyclic) bond motifs is 1. The van der Waals surface area contributed by atoms with Crippen molar-refractivity contribution in [3.05, 3.63) is 81.4 Å². The number of ether oxygens (including phenoxy) is 2. The highest BCUT2D eigenvalue weighted by Crippen LogP contribution is 2.35. The van der Waals surface area contributed by atoms with E-state index in [4.69, 9.17) is 9.47 Å². The number of methoxy groups -OCH3 is 2. The van der Waals surface area contributed by atoms with Crippen LogP contribution in [0, 0.1) is 30.9 Å². The van der Waals surface area contributed by atoms with E-state index in [0.717, 1.165) is 22.9 Å². The first-order valence-corrected chi connectivity index (χ1v) is 11.8. The highest BCUT2D eigenvalue weighted by atomic mass is 16.6. The number of nitrogens with one attached hydrogen (secondary N) is 1. The van der Waals surface area contributed by atoms with E-state index in [0.29, 0.717) is 22.5 Å². The molecule has 1 amide bonds. The minimum absolute atomic E-state index is 0.130. The highest BCUT2D eigenvalue weighted by molar-refractivity contribution is 6.07. The smallest absolute Gasteiger partial charge is 0.286 e. The Hall–Kier alpha value is -5.33. The minimum Gasteiger partial charge on any atom is -0.493 e. The molecule has 1 N–H and O–H groups in total. The van der Waals surface area contributed by atoms with E-state index >= 15 is 0 Å². The molecule has 0 aliphatic rings. The van der Waals surface area contributed by atoms with Crippen molar-refractivity contribution in [2.45, 2.75) is 20.8 Å². The molecule has 0 aliphatic carbocycles. The molecule has 3 heterocycles. The van der Waals surface area contributed by atoms with E-state index in [1.165, 1.54) is 31.3 Å². The number of hydrogen-bond acceptors (Lipinski definition) is 9. The number of rotatable bonds is 7. The molecule has 5 aromatic rings. The summed E-state index contributed by atoms with van der Waals surface area (Å²) < 4.78 is 13.6. The Balaban J connectivity index is 1.58. The maximum atomic E-state index is 13.3. The number of aryl methyl sites for hydroxylation is 3. The lowest BCUT2D eigenvalue weighted by atomic mass is 10.1. The molecule has 0 saturated heterocycles. The lowest BCUT2D eigenvalue weighted by molar-refractivity contribution is -0.385. The molecule has 13 nitrogen and oxygen atoms in total. The van der Waals surface area contributed by atoms with Crippen LogP contribution in [0.15, 0.2) is 48.9 Å². The predicted molar refractivity (Wildman–Crippen MR) is 142 cm³/mol. The van der Waals surface area contributed by atoms with Crippen LogP contribution in [0.25, 0.3) is 22.5 Å². The predicted octanol–water partition coefficient (Wildman–Crippen LogP) is 4.10. The molecular weight excluding hydrogens is 504 g/mol. The quantitative estimate of drug-likeness (QED) is 0.243. The van der Waals surface area contributed by atoms with Crippen LogP contribution in [0.1, 0.15) is 27.2 Å². The van der Waals surface area contributed by atoms with Crippen molar-refractivity contribution >= 4 is 28.4 Å². The Bertz CT molecular complexity index is 1760. The number of amides is 1. The largest absolute Gasteiger partial charge is 0.493 e. The molecule has 0 fully saturated rings. The van der Waals surface area contributed by atoms with Crippen LogP contribution in [-0.2, 0) is 0 Å². The maximum absolute atomic E-state index is 13.3. The van der Waals surface area contributed by atoms with E-state index in [-0.39, 0.29) is 22.9 Å². The summed E-state index contributed by atoms with van der Waals surface area (Å²) in [6.07, 6.45) is 3.02. The summed E-state index contributed by atoms with van der Waals surface area (Å²) in [6, 6.07) is 10.1. The van der Waals surface area contributed by atoms with Crippen molar-refractivity contribution in [3.8, 4) is 23.0 Å². The van der Waals surface area contributed by atoms with Crippen molar-refractivity contribution in [1.82, 2.24) is 29.5 Å². The Morgan fingerprint density at radius 3 is 2.44 bits per heavy atom. The first kappa shape index (κ1) is 25.3. The Kier molecular flexibility index (Phi) is 6.40. The van der Waals surface area contributed by atoms with Gasteiger partial charge >= 0.3 is 0 Å². The SMILES string of the molecule is COc1cc(C(=O)Nc2cc(C)nn2-c2ncnc3c2cnn3-c2ccc(C)cc2C)c([N+](=O)[O-])cc1OC. The molecular formula is C26H24N8O5. The van der Waals surface area contributed by atoms with E-state index in [1.54, 1.807) is 23.9 Å². The van der Waals surface area contributed by atoms with Gasteiger partial charge in [-0.25, -0.2) is 14.6 Å². The average molecular weight is 529 g/mol.